The van der Waals surface area contributed by atoms with Crippen molar-refractivity contribution in [3.63, 3.8) is 0 Å². The van der Waals surface area contributed by atoms with Gasteiger partial charge in [0.25, 0.3) is 0 Å². The van der Waals surface area contributed by atoms with Crippen LogP contribution in [0.2, 0.25) is 5.02 Å². The summed E-state index contributed by atoms with van der Waals surface area (Å²) >= 11 is 12.9. The van der Waals surface area contributed by atoms with Gasteiger partial charge in [-0.05, 0) is 43.3 Å². The summed E-state index contributed by atoms with van der Waals surface area (Å²) in [6.45, 7) is 3.98. The quantitative estimate of drug-likeness (QED) is 0.595. The first-order chi connectivity index (χ1) is 11.0. The van der Waals surface area contributed by atoms with E-state index in [-0.39, 0.29) is 5.97 Å². The zero-order chi connectivity index (χ0) is 17.0. The van der Waals surface area contributed by atoms with Gasteiger partial charge in [0, 0.05) is 4.88 Å². The molecular weight excluding hydrogens is 352 g/mol. The Labute approximate surface area is 149 Å². The van der Waals surface area contributed by atoms with Crippen molar-refractivity contribution in [1.29, 1.82) is 0 Å². The molecule has 0 amide bonds. The number of hydrogen-bond acceptors (Lipinski definition) is 4. The molecule has 0 aliphatic carbocycles. The van der Waals surface area contributed by atoms with Crippen molar-refractivity contribution in [2.75, 3.05) is 17.7 Å². The predicted molar refractivity (Wildman–Crippen MR) is 101 cm³/mol. The minimum absolute atomic E-state index is 0.366. The molecule has 0 fully saturated rings. The van der Waals surface area contributed by atoms with Gasteiger partial charge in [0.05, 0.1) is 23.4 Å². The highest BCUT2D eigenvalue weighted by Gasteiger charge is 2.22. The van der Waals surface area contributed by atoms with E-state index in [2.05, 4.69) is 10.6 Å². The number of carbonyl (C=O) groups excluding carboxylic acids is 1. The molecule has 2 aromatic rings. The summed E-state index contributed by atoms with van der Waals surface area (Å²) in [6, 6.07) is 7.31. The normalized spacial score (nSPS) is 10.3. The highest BCUT2D eigenvalue weighted by Crippen LogP contribution is 2.34. The highest BCUT2D eigenvalue weighted by molar-refractivity contribution is 7.80. The molecule has 0 spiro atoms. The number of para-hydroxylation sites is 1. The van der Waals surface area contributed by atoms with E-state index in [1.807, 2.05) is 32.0 Å². The molecule has 1 heterocycles. The fourth-order valence-electron chi connectivity index (χ4n) is 2.23. The lowest BCUT2D eigenvalue weighted by Crippen LogP contribution is -2.20. The number of thiocarbonyl (C=S) groups is 1. The van der Waals surface area contributed by atoms with Crippen LogP contribution in [-0.2, 0) is 11.2 Å². The van der Waals surface area contributed by atoms with Crippen LogP contribution < -0.4 is 10.6 Å². The first-order valence-corrected chi connectivity index (χ1v) is 8.61. The number of halogens is 1. The van der Waals surface area contributed by atoms with Gasteiger partial charge in [0.2, 0.25) is 0 Å². The Kier molecular flexibility index (Phi) is 5.98. The average molecular weight is 369 g/mol. The molecule has 0 unspecified atom stereocenters. The van der Waals surface area contributed by atoms with E-state index < -0.39 is 0 Å². The van der Waals surface area contributed by atoms with Gasteiger partial charge in [0.1, 0.15) is 5.00 Å². The Bertz CT molecular complexity index is 744. The lowest BCUT2D eigenvalue weighted by Gasteiger charge is -2.12. The molecule has 0 saturated carbocycles. The molecule has 23 heavy (non-hydrogen) atoms. The van der Waals surface area contributed by atoms with E-state index >= 15 is 0 Å². The number of benzene rings is 1. The van der Waals surface area contributed by atoms with Crippen molar-refractivity contribution >= 4 is 56.9 Å². The molecule has 1 aromatic carbocycles. The van der Waals surface area contributed by atoms with Gasteiger partial charge in [-0.3, -0.25) is 0 Å². The zero-order valence-corrected chi connectivity index (χ0v) is 15.4. The van der Waals surface area contributed by atoms with E-state index in [0.29, 0.717) is 26.4 Å². The van der Waals surface area contributed by atoms with E-state index in [1.165, 1.54) is 18.4 Å². The van der Waals surface area contributed by atoms with Gasteiger partial charge < -0.3 is 15.4 Å². The largest absolute Gasteiger partial charge is 0.465 e. The number of thiophene rings is 1. The first-order valence-electron chi connectivity index (χ1n) is 7.01. The molecular formula is C16H17ClN2O2S2. The number of ether oxygens (including phenoxy) is 1. The highest BCUT2D eigenvalue weighted by atomic mass is 35.5. The molecule has 122 valence electrons. The standard InChI is InChI=1S/C16H17ClN2O2S2/c1-4-10-9(2)23-14(13(10)15(20)21-3)19-16(22)18-12-8-6-5-7-11(12)17/h5-8H,4H2,1-3H3,(H2,18,19,22). The van der Waals surface area contributed by atoms with Gasteiger partial charge in [-0.25, -0.2) is 4.79 Å². The Morgan fingerprint density at radius 1 is 1.35 bits per heavy atom. The minimum Gasteiger partial charge on any atom is -0.465 e. The number of carbonyl (C=O) groups is 1. The van der Waals surface area contributed by atoms with Gasteiger partial charge in [0.15, 0.2) is 5.11 Å². The van der Waals surface area contributed by atoms with E-state index in [0.717, 1.165) is 16.9 Å². The van der Waals surface area contributed by atoms with Gasteiger partial charge in [-0.1, -0.05) is 30.7 Å². The Morgan fingerprint density at radius 3 is 2.65 bits per heavy atom. The fourth-order valence-corrected chi connectivity index (χ4v) is 3.83. The molecule has 0 saturated heterocycles. The summed E-state index contributed by atoms with van der Waals surface area (Å²) in [5, 5.41) is 7.72. The van der Waals surface area contributed by atoms with Crippen LogP contribution in [0.5, 0.6) is 0 Å². The van der Waals surface area contributed by atoms with Crippen molar-refractivity contribution in [3.05, 3.63) is 45.3 Å². The van der Waals surface area contributed by atoms with Crippen LogP contribution in [-0.4, -0.2) is 18.2 Å². The molecule has 0 aliphatic heterocycles. The topological polar surface area (TPSA) is 50.4 Å². The van der Waals surface area contributed by atoms with Crippen LogP contribution in [0.25, 0.3) is 0 Å². The van der Waals surface area contributed by atoms with Gasteiger partial charge in [-0.15, -0.1) is 11.3 Å². The second-order valence-corrected chi connectivity index (χ2v) is 6.79. The second kappa shape index (κ2) is 7.77. The average Bonchev–Trinajstić information content (AvgIpc) is 2.83. The summed E-state index contributed by atoms with van der Waals surface area (Å²) in [5.74, 6) is -0.366. The minimum atomic E-state index is -0.366. The smallest absolute Gasteiger partial charge is 0.341 e. The molecule has 0 atom stereocenters. The monoisotopic (exact) mass is 368 g/mol. The molecule has 2 rings (SSSR count). The van der Waals surface area contributed by atoms with Crippen molar-refractivity contribution < 1.29 is 9.53 Å². The number of esters is 1. The summed E-state index contributed by atoms with van der Waals surface area (Å²) in [7, 11) is 1.37. The Balaban J connectivity index is 2.24. The van der Waals surface area contributed by atoms with Crippen LogP contribution in [0.4, 0.5) is 10.7 Å². The van der Waals surface area contributed by atoms with Crippen LogP contribution in [0, 0.1) is 6.92 Å². The number of rotatable bonds is 4. The number of anilines is 2. The third-order valence-corrected chi connectivity index (χ3v) is 4.90. The summed E-state index contributed by atoms with van der Waals surface area (Å²) in [4.78, 5) is 13.1. The lowest BCUT2D eigenvalue weighted by atomic mass is 10.1. The second-order valence-electron chi connectivity index (χ2n) is 4.75. The zero-order valence-electron chi connectivity index (χ0n) is 13.0. The van der Waals surface area contributed by atoms with Crippen LogP contribution in [0.15, 0.2) is 24.3 Å². The summed E-state index contributed by atoms with van der Waals surface area (Å²) in [5.41, 5.74) is 2.22. The molecule has 0 aliphatic rings. The van der Waals surface area contributed by atoms with E-state index in [1.54, 1.807) is 6.07 Å². The number of nitrogens with one attached hydrogen (secondary N) is 2. The fraction of sp³-hybridized carbons (Fsp3) is 0.250. The maximum absolute atomic E-state index is 12.1. The number of methoxy groups -OCH3 is 1. The first kappa shape index (κ1) is 17.7. The molecule has 0 radical (unpaired) electrons. The van der Waals surface area contributed by atoms with Gasteiger partial charge >= 0.3 is 5.97 Å². The Morgan fingerprint density at radius 2 is 2.04 bits per heavy atom. The maximum Gasteiger partial charge on any atom is 0.341 e. The van der Waals surface area contributed by atoms with E-state index in [9.17, 15) is 4.79 Å². The Hall–Kier alpha value is -1.63. The van der Waals surface area contributed by atoms with Crippen LogP contribution >= 0.6 is 35.2 Å². The van der Waals surface area contributed by atoms with Crippen molar-refractivity contribution in [2.24, 2.45) is 0 Å². The lowest BCUT2D eigenvalue weighted by molar-refractivity contribution is 0.0601. The van der Waals surface area contributed by atoms with Crippen molar-refractivity contribution in [2.45, 2.75) is 20.3 Å². The van der Waals surface area contributed by atoms with Crippen molar-refractivity contribution in [1.82, 2.24) is 0 Å². The van der Waals surface area contributed by atoms with Crippen LogP contribution in [0.3, 0.4) is 0 Å². The van der Waals surface area contributed by atoms with E-state index in [4.69, 9.17) is 28.6 Å². The number of hydrogen-bond donors (Lipinski definition) is 2. The molecule has 7 heteroatoms. The van der Waals surface area contributed by atoms with Crippen molar-refractivity contribution in [3.8, 4) is 0 Å². The van der Waals surface area contributed by atoms with Gasteiger partial charge in [-0.2, -0.15) is 0 Å². The third kappa shape index (κ3) is 4.02. The van der Waals surface area contributed by atoms with Crippen LogP contribution in [0.1, 0.15) is 27.7 Å². The molecule has 4 nitrogen and oxygen atoms in total. The third-order valence-electron chi connectivity index (χ3n) is 3.30. The summed E-state index contributed by atoms with van der Waals surface area (Å²) in [6.07, 6.45) is 0.749. The molecule has 1 aromatic heterocycles. The molecule has 2 N–H and O–H groups in total. The SMILES string of the molecule is CCc1c(C)sc(NC(=S)Nc2ccccc2Cl)c1C(=O)OC. The number of aryl methyl sites for hydroxylation is 1. The molecule has 0 bridgehead atoms. The summed E-state index contributed by atoms with van der Waals surface area (Å²) < 4.78 is 4.89. The predicted octanol–water partition coefficient (Wildman–Crippen LogP) is 4.87. The maximum atomic E-state index is 12.1.